The second-order valence-electron chi connectivity index (χ2n) is 0.232. The van der Waals surface area contributed by atoms with Crippen LogP contribution in [0.1, 0.15) is 0 Å². The van der Waals surface area contributed by atoms with Gasteiger partial charge in [0.2, 0.25) is 0 Å². The fraction of sp³-hybridized carbons (Fsp3) is 0. The minimum Gasteiger partial charge on any atom is -1.00 e. The zero-order valence-electron chi connectivity index (χ0n) is 2.73. The zero-order valence-corrected chi connectivity index (χ0v) is 3.88. The average Bonchev–Trinajstić information content (AvgIpc) is 1.37. The summed E-state index contributed by atoms with van der Waals surface area (Å²) in [6.07, 6.45) is 0. The van der Waals surface area contributed by atoms with Gasteiger partial charge in [0, 0.05) is 0 Å². The Morgan fingerprint density at radius 1 is 1.50 bits per heavy atom. The van der Waals surface area contributed by atoms with Crippen LogP contribution in [-0.2, 0) is 8.58 Å². The van der Waals surface area contributed by atoms with Gasteiger partial charge < -0.3 is 9.41 Å². The number of carbonyl (C=O) groups excluding carboxylic acids is 1. The fourth-order valence-electron chi connectivity index (χ4n) is 0. The molecule has 0 radical (unpaired) electrons. The largest absolute Gasteiger partial charge is 1.00 e. The molecular formula is CHAlF2O2. The van der Waals surface area contributed by atoms with Crippen LogP contribution < -0.4 is 9.41 Å². The number of rotatable bonds is 1. The van der Waals surface area contributed by atoms with Crippen molar-refractivity contribution in [3.63, 3.8) is 0 Å². The van der Waals surface area contributed by atoms with Crippen molar-refractivity contribution in [3.8, 4) is 0 Å². The Morgan fingerprint density at radius 3 is 1.67 bits per heavy atom. The average molecular weight is 110 g/mol. The molecule has 0 aliphatic rings. The predicted molar refractivity (Wildman–Crippen MR) is 12.9 cm³/mol. The first-order valence-corrected chi connectivity index (χ1v) is 1.18. The van der Waals surface area contributed by atoms with Crippen LogP contribution in [0.15, 0.2) is 0 Å². The van der Waals surface area contributed by atoms with Gasteiger partial charge in [0.05, 0.1) is 0 Å². The van der Waals surface area contributed by atoms with Crippen molar-refractivity contribution < 1.29 is 18.0 Å². The minimum atomic E-state index is 0. The van der Waals surface area contributed by atoms with Gasteiger partial charge in [0.25, 0.3) is 0 Å². The molecule has 0 aliphatic heterocycles. The van der Waals surface area contributed by atoms with Gasteiger partial charge in [-0.25, -0.2) is 0 Å². The summed E-state index contributed by atoms with van der Waals surface area (Å²) in [6.45, 7) is 0.338. The van der Waals surface area contributed by atoms with Crippen LogP contribution in [0.3, 0.4) is 0 Å². The van der Waals surface area contributed by atoms with Crippen LogP contribution in [-0.4, -0.2) is 23.1 Å². The molecule has 0 fully saturated rings. The fourth-order valence-corrected chi connectivity index (χ4v) is 0. The predicted octanol–water partition coefficient (Wildman–Crippen LogP) is -6.75. The third kappa shape index (κ3) is 42.5. The van der Waals surface area contributed by atoms with Crippen LogP contribution in [0.5, 0.6) is 0 Å². The maximum atomic E-state index is 8.93. The maximum absolute atomic E-state index is 8.93. The van der Waals surface area contributed by atoms with Gasteiger partial charge in [-0.15, -0.1) is 0 Å². The molecule has 0 aromatic heterocycles. The first kappa shape index (κ1) is 16.9. The van der Waals surface area contributed by atoms with Crippen molar-refractivity contribution in [1.29, 1.82) is 0 Å². The molecular weight excluding hydrogens is 109 g/mol. The van der Waals surface area contributed by atoms with Crippen molar-refractivity contribution >= 4 is 23.1 Å². The van der Waals surface area contributed by atoms with Gasteiger partial charge in [-0.05, 0) is 0 Å². The van der Waals surface area contributed by atoms with Crippen LogP contribution in [0.4, 0.5) is 0 Å². The van der Waals surface area contributed by atoms with Crippen molar-refractivity contribution in [2.75, 3.05) is 0 Å². The van der Waals surface area contributed by atoms with Gasteiger partial charge >= 0.3 is 31.7 Å². The van der Waals surface area contributed by atoms with Crippen molar-refractivity contribution in [1.82, 2.24) is 0 Å². The normalized spacial score (nSPS) is 3.67. The molecule has 0 aromatic carbocycles. The SMILES string of the molecule is O=C[O][Al+2].[F-].[F-]. The number of halogens is 2. The molecule has 0 spiro atoms. The molecule has 5 heteroatoms. The van der Waals surface area contributed by atoms with Crippen LogP contribution in [0.25, 0.3) is 0 Å². The van der Waals surface area contributed by atoms with E-state index in [1.54, 1.807) is 16.6 Å². The molecule has 0 N–H and O–H groups in total. The molecule has 0 heterocycles. The van der Waals surface area contributed by atoms with E-state index in [2.05, 4.69) is 3.79 Å². The standard InChI is InChI=1S/CH2O2.Al.2FH/c2-1-3;;;/h1H,(H,2,3);;2*1H/q;+3;;/p-3. The Morgan fingerprint density at radius 2 is 1.67 bits per heavy atom. The molecule has 0 saturated heterocycles. The molecule has 0 saturated carbocycles. The van der Waals surface area contributed by atoms with Gasteiger partial charge in [0.15, 0.2) is 0 Å². The minimum absolute atomic E-state index is 0. The van der Waals surface area contributed by atoms with Crippen molar-refractivity contribution in [2.45, 2.75) is 0 Å². The van der Waals surface area contributed by atoms with Gasteiger partial charge in [0.1, 0.15) is 0 Å². The molecule has 2 nitrogen and oxygen atoms in total. The number of hydrogen-bond acceptors (Lipinski definition) is 2. The summed E-state index contributed by atoms with van der Waals surface area (Å²) in [6, 6.07) is 0. The van der Waals surface area contributed by atoms with E-state index in [4.69, 9.17) is 4.79 Å². The quantitative estimate of drug-likeness (QED) is 0.248. The first-order valence-electron chi connectivity index (χ1n) is 0.707. The Kier molecular flexibility index (Phi) is 59.0. The molecule has 0 aromatic rings. The monoisotopic (exact) mass is 110 g/mol. The van der Waals surface area contributed by atoms with Gasteiger partial charge in [-0.1, -0.05) is 0 Å². The van der Waals surface area contributed by atoms with E-state index in [0.717, 1.165) is 0 Å². The molecule has 6 heavy (non-hydrogen) atoms. The third-order valence-corrected chi connectivity index (χ3v) is 0.167. The van der Waals surface area contributed by atoms with Gasteiger partial charge in [-0.2, -0.15) is 0 Å². The zero-order chi connectivity index (χ0) is 3.41. The maximum Gasteiger partial charge on any atom is -1.00 e. The van der Waals surface area contributed by atoms with E-state index in [1.807, 2.05) is 0 Å². The summed E-state index contributed by atoms with van der Waals surface area (Å²) in [4.78, 5) is 8.93. The van der Waals surface area contributed by atoms with E-state index < -0.39 is 0 Å². The molecule has 0 unspecified atom stereocenters. The van der Waals surface area contributed by atoms with E-state index in [1.165, 1.54) is 0 Å². The van der Waals surface area contributed by atoms with Crippen LogP contribution in [0.2, 0.25) is 0 Å². The van der Waals surface area contributed by atoms with Crippen LogP contribution >= 0.6 is 0 Å². The third-order valence-electron chi connectivity index (χ3n) is 0.0556. The van der Waals surface area contributed by atoms with Crippen molar-refractivity contribution in [3.05, 3.63) is 0 Å². The summed E-state index contributed by atoms with van der Waals surface area (Å²) >= 11 is 1.79. The smallest absolute Gasteiger partial charge is 1.00 e. The Bertz CT molecular complexity index is 25.5. The van der Waals surface area contributed by atoms with Gasteiger partial charge in [-0.3, -0.25) is 0 Å². The summed E-state index contributed by atoms with van der Waals surface area (Å²) in [7, 11) is 0. The molecule has 0 bridgehead atoms. The number of carbonyl (C=O) groups is 1. The summed E-state index contributed by atoms with van der Waals surface area (Å²) in [5.41, 5.74) is 0. The van der Waals surface area contributed by atoms with E-state index in [9.17, 15) is 0 Å². The van der Waals surface area contributed by atoms with Crippen LogP contribution in [0, 0.1) is 0 Å². The summed E-state index contributed by atoms with van der Waals surface area (Å²) in [5.74, 6) is 0. The van der Waals surface area contributed by atoms with E-state index in [0.29, 0.717) is 6.47 Å². The molecule has 0 rings (SSSR count). The summed E-state index contributed by atoms with van der Waals surface area (Å²) in [5, 5.41) is 0. The molecule has 0 amide bonds. The summed E-state index contributed by atoms with van der Waals surface area (Å²) < 4.78 is 3.78. The van der Waals surface area contributed by atoms with E-state index >= 15 is 0 Å². The Hall–Kier alpha value is -0.138. The topological polar surface area (TPSA) is 26.3 Å². The van der Waals surface area contributed by atoms with E-state index in [-0.39, 0.29) is 9.41 Å². The first-order chi connectivity index (χ1) is 1.91. The second kappa shape index (κ2) is 20.9. The molecule has 0 aliphatic carbocycles. The Balaban J connectivity index is -0.0000000450. The molecule has 34 valence electrons. The van der Waals surface area contributed by atoms with Crippen molar-refractivity contribution in [2.24, 2.45) is 0 Å². The molecule has 0 atom stereocenters. The second-order valence-corrected chi connectivity index (χ2v) is 0.504. The Labute approximate surface area is 42.0 Å². The number of hydrogen-bond donors (Lipinski definition) is 0.